The van der Waals surface area contributed by atoms with E-state index in [1.807, 2.05) is 50.2 Å². The molecule has 0 saturated heterocycles. The summed E-state index contributed by atoms with van der Waals surface area (Å²) in [7, 11) is 0. The lowest BCUT2D eigenvalue weighted by Crippen LogP contribution is -2.26. The van der Waals surface area contributed by atoms with Crippen LogP contribution in [0.5, 0.6) is 0 Å². The highest BCUT2D eigenvalue weighted by Gasteiger charge is 2.17. The third kappa shape index (κ3) is 4.48. The normalized spacial score (nSPS) is 12.1. The second kappa shape index (κ2) is 7.53. The average Bonchev–Trinajstić information content (AvgIpc) is 3.14. The summed E-state index contributed by atoms with van der Waals surface area (Å²) in [5.41, 5.74) is 1.98. The summed E-state index contributed by atoms with van der Waals surface area (Å²) in [5, 5.41) is 12.1. The molecule has 25 heavy (non-hydrogen) atoms. The number of aryl methyl sites for hydroxylation is 1. The van der Waals surface area contributed by atoms with Crippen LogP contribution >= 0.6 is 11.6 Å². The minimum absolute atomic E-state index is 0.0826. The lowest BCUT2D eigenvalue weighted by Gasteiger charge is -2.13. The van der Waals surface area contributed by atoms with Crippen molar-refractivity contribution in [3.8, 4) is 0 Å². The summed E-state index contributed by atoms with van der Waals surface area (Å²) in [6.07, 6.45) is 3.26. The van der Waals surface area contributed by atoms with Crippen LogP contribution in [0.25, 0.3) is 0 Å². The van der Waals surface area contributed by atoms with Crippen molar-refractivity contribution in [1.82, 2.24) is 19.6 Å². The molecule has 1 amide bonds. The molecular formula is C18H20ClN5O. The molecule has 1 atom stereocenters. The molecule has 2 heterocycles. The minimum atomic E-state index is -0.253. The number of hydrogen-bond acceptors (Lipinski definition) is 3. The first-order valence-corrected chi connectivity index (χ1v) is 8.46. The van der Waals surface area contributed by atoms with Crippen molar-refractivity contribution in [2.75, 3.05) is 5.32 Å². The van der Waals surface area contributed by atoms with Crippen LogP contribution in [0, 0.1) is 12.8 Å². The van der Waals surface area contributed by atoms with Crippen molar-refractivity contribution in [2.24, 2.45) is 5.92 Å². The van der Waals surface area contributed by atoms with Crippen LogP contribution in [-0.2, 0) is 17.9 Å². The fourth-order valence-corrected chi connectivity index (χ4v) is 2.73. The van der Waals surface area contributed by atoms with Crippen LogP contribution in [0.2, 0.25) is 5.02 Å². The van der Waals surface area contributed by atoms with Gasteiger partial charge in [-0.2, -0.15) is 10.2 Å². The maximum absolute atomic E-state index is 12.5. The molecule has 1 N–H and O–H groups in total. The number of nitrogens with one attached hydrogen (secondary N) is 1. The van der Waals surface area contributed by atoms with Crippen molar-refractivity contribution < 1.29 is 4.79 Å². The number of hydrogen-bond donors (Lipinski definition) is 1. The van der Waals surface area contributed by atoms with E-state index < -0.39 is 0 Å². The number of nitrogens with zero attached hydrogens (tertiary/aromatic N) is 4. The van der Waals surface area contributed by atoms with Gasteiger partial charge < -0.3 is 5.32 Å². The predicted octanol–water partition coefficient (Wildman–Crippen LogP) is 3.36. The van der Waals surface area contributed by atoms with Gasteiger partial charge in [-0.3, -0.25) is 9.48 Å². The van der Waals surface area contributed by atoms with Gasteiger partial charge in [0.15, 0.2) is 0 Å². The molecule has 6 nitrogen and oxygen atoms in total. The number of carbonyl (C=O) groups excluding carboxylic acids is 1. The molecule has 0 fully saturated rings. The van der Waals surface area contributed by atoms with E-state index in [4.69, 9.17) is 11.6 Å². The Morgan fingerprint density at radius 3 is 2.76 bits per heavy atom. The van der Waals surface area contributed by atoms with E-state index in [-0.39, 0.29) is 11.8 Å². The first-order valence-electron chi connectivity index (χ1n) is 8.08. The molecule has 0 aliphatic carbocycles. The maximum Gasteiger partial charge on any atom is 0.230 e. The molecule has 3 aromatic rings. The Hall–Kier alpha value is -2.60. The number of aromatic nitrogens is 4. The zero-order chi connectivity index (χ0) is 17.8. The molecular weight excluding hydrogens is 338 g/mol. The van der Waals surface area contributed by atoms with Crippen LogP contribution in [-0.4, -0.2) is 25.5 Å². The van der Waals surface area contributed by atoms with Gasteiger partial charge >= 0.3 is 0 Å². The Morgan fingerprint density at radius 1 is 1.32 bits per heavy atom. The van der Waals surface area contributed by atoms with Gasteiger partial charge in [0.25, 0.3) is 0 Å². The van der Waals surface area contributed by atoms with Crippen LogP contribution in [0.3, 0.4) is 0 Å². The molecule has 0 radical (unpaired) electrons. The molecule has 0 bridgehead atoms. The van der Waals surface area contributed by atoms with Crippen molar-refractivity contribution in [3.05, 3.63) is 65.1 Å². The molecule has 0 unspecified atom stereocenters. The molecule has 3 rings (SSSR count). The largest absolute Gasteiger partial charge is 0.311 e. The van der Waals surface area contributed by atoms with E-state index in [2.05, 4.69) is 15.5 Å². The van der Waals surface area contributed by atoms with Crippen molar-refractivity contribution in [2.45, 2.75) is 26.9 Å². The van der Waals surface area contributed by atoms with Gasteiger partial charge in [0.1, 0.15) is 5.82 Å². The maximum atomic E-state index is 12.5. The SMILES string of the molecule is Cc1cc(NC(=O)[C@@H](C)Cn2cc(Cl)cn2)n(Cc2ccccc2)n1. The molecule has 7 heteroatoms. The highest BCUT2D eigenvalue weighted by molar-refractivity contribution is 6.30. The van der Waals surface area contributed by atoms with E-state index in [1.54, 1.807) is 21.8 Å². The molecule has 130 valence electrons. The summed E-state index contributed by atoms with van der Waals surface area (Å²) in [6.45, 7) is 4.83. The Labute approximate surface area is 151 Å². The molecule has 0 aliphatic heterocycles. The number of benzene rings is 1. The fourth-order valence-electron chi connectivity index (χ4n) is 2.57. The molecule has 0 aliphatic rings. The minimum Gasteiger partial charge on any atom is -0.311 e. The Kier molecular flexibility index (Phi) is 5.19. The third-order valence-corrected chi connectivity index (χ3v) is 4.03. The first kappa shape index (κ1) is 17.2. The van der Waals surface area contributed by atoms with Gasteiger partial charge in [-0.15, -0.1) is 0 Å². The number of rotatable bonds is 6. The Morgan fingerprint density at radius 2 is 2.08 bits per heavy atom. The van der Waals surface area contributed by atoms with E-state index in [1.165, 1.54) is 0 Å². The van der Waals surface area contributed by atoms with E-state index >= 15 is 0 Å². The van der Waals surface area contributed by atoms with Gasteiger partial charge in [-0.05, 0) is 12.5 Å². The van der Waals surface area contributed by atoms with Gasteiger partial charge in [0.05, 0.1) is 35.9 Å². The fraction of sp³-hybridized carbons (Fsp3) is 0.278. The standard InChI is InChI=1S/C18H20ClN5O/c1-13(10-23-12-16(19)9-20-23)18(25)21-17-8-14(2)22-24(17)11-15-6-4-3-5-7-15/h3-9,12-13H,10-11H2,1-2H3,(H,21,25)/t13-/m0/s1. The zero-order valence-corrected chi connectivity index (χ0v) is 14.9. The summed E-state index contributed by atoms with van der Waals surface area (Å²) in [6, 6.07) is 11.9. The number of anilines is 1. The first-order chi connectivity index (χ1) is 12.0. The quantitative estimate of drug-likeness (QED) is 0.735. The summed E-state index contributed by atoms with van der Waals surface area (Å²) >= 11 is 5.86. The summed E-state index contributed by atoms with van der Waals surface area (Å²) in [4.78, 5) is 12.5. The lowest BCUT2D eigenvalue weighted by atomic mass is 10.1. The smallest absolute Gasteiger partial charge is 0.230 e. The number of carbonyl (C=O) groups is 1. The Balaban J connectivity index is 1.68. The number of amides is 1. The van der Waals surface area contributed by atoms with Crippen molar-refractivity contribution in [3.63, 3.8) is 0 Å². The van der Waals surface area contributed by atoms with Crippen molar-refractivity contribution >= 4 is 23.3 Å². The van der Waals surface area contributed by atoms with E-state index in [9.17, 15) is 4.79 Å². The van der Waals surface area contributed by atoms with Crippen LogP contribution in [0.15, 0.2) is 48.8 Å². The Bertz CT molecular complexity index is 855. The van der Waals surface area contributed by atoms with Gasteiger partial charge in [0.2, 0.25) is 5.91 Å². The van der Waals surface area contributed by atoms with Gasteiger partial charge in [-0.1, -0.05) is 48.9 Å². The second-order valence-corrected chi connectivity index (χ2v) is 6.52. The number of halogens is 1. The molecule has 0 saturated carbocycles. The third-order valence-electron chi connectivity index (χ3n) is 3.84. The van der Waals surface area contributed by atoms with Crippen LogP contribution in [0.1, 0.15) is 18.2 Å². The monoisotopic (exact) mass is 357 g/mol. The highest BCUT2D eigenvalue weighted by atomic mass is 35.5. The average molecular weight is 358 g/mol. The van der Waals surface area contributed by atoms with Gasteiger partial charge in [-0.25, -0.2) is 4.68 Å². The molecule has 2 aromatic heterocycles. The molecule has 1 aromatic carbocycles. The summed E-state index contributed by atoms with van der Waals surface area (Å²) in [5.74, 6) is 0.355. The van der Waals surface area contributed by atoms with E-state index in [0.717, 1.165) is 11.3 Å². The lowest BCUT2D eigenvalue weighted by molar-refractivity contribution is -0.119. The van der Waals surface area contributed by atoms with Gasteiger partial charge in [0, 0.05) is 12.3 Å². The molecule has 0 spiro atoms. The summed E-state index contributed by atoms with van der Waals surface area (Å²) < 4.78 is 3.47. The second-order valence-electron chi connectivity index (χ2n) is 6.09. The van der Waals surface area contributed by atoms with E-state index in [0.29, 0.717) is 23.9 Å². The topological polar surface area (TPSA) is 64.7 Å². The predicted molar refractivity (Wildman–Crippen MR) is 97.5 cm³/mol. The zero-order valence-electron chi connectivity index (χ0n) is 14.2. The van der Waals surface area contributed by atoms with Crippen LogP contribution < -0.4 is 5.32 Å². The highest BCUT2D eigenvalue weighted by Crippen LogP contribution is 2.15. The van der Waals surface area contributed by atoms with Crippen LogP contribution in [0.4, 0.5) is 5.82 Å². The van der Waals surface area contributed by atoms with Crippen molar-refractivity contribution in [1.29, 1.82) is 0 Å².